The van der Waals surface area contributed by atoms with Crippen LogP contribution in [-0.4, -0.2) is 13.6 Å². The molecule has 0 saturated carbocycles. The third-order valence-corrected chi connectivity index (χ3v) is 16.2. The van der Waals surface area contributed by atoms with E-state index in [9.17, 15) is 0 Å². The van der Waals surface area contributed by atoms with Crippen LogP contribution in [0, 0.1) is 27.7 Å². The van der Waals surface area contributed by atoms with E-state index in [2.05, 4.69) is 125 Å². The fourth-order valence-corrected chi connectivity index (χ4v) is 15.5. The third kappa shape index (κ3) is 3.26. The summed E-state index contributed by atoms with van der Waals surface area (Å²) in [6, 6.07) is 36.2. The van der Waals surface area contributed by atoms with Gasteiger partial charge in [-0.1, -0.05) is 0 Å². The van der Waals surface area contributed by atoms with Gasteiger partial charge in [0.15, 0.2) is 0 Å². The summed E-state index contributed by atoms with van der Waals surface area (Å²) in [5.74, 6) is 0. The van der Waals surface area contributed by atoms with Gasteiger partial charge in [-0.2, -0.15) is 0 Å². The van der Waals surface area contributed by atoms with Crippen molar-refractivity contribution < 1.29 is 0 Å². The molecule has 0 unspecified atom stereocenters. The number of benzene rings is 4. The van der Waals surface area contributed by atoms with Crippen molar-refractivity contribution >= 4 is 31.0 Å². The number of rotatable bonds is 4. The Morgan fingerprint density at radius 1 is 0.345 bits per heavy atom. The van der Waals surface area contributed by atoms with Crippen LogP contribution in [0.3, 0.4) is 0 Å². The molecule has 0 N–H and O–H groups in total. The van der Waals surface area contributed by atoms with E-state index in [0.29, 0.717) is 0 Å². The van der Waals surface area contributed by atoms with Crippen LogP contribution in [-0.2, 0) is 0 Å². The zero-order chi connectivity index (χ0) is 20.4. The zero-order valence-electron chi connectivity index (χ0n) is 17.7. The average molecular weight is 439 g/mol. The van der Waals surface area contributed by atoms with Crippen molar-refractivity contribution in [3.05, 3.63) is 119 Å². The molecule has 0 nitrogen and oxygen atoms in total. The fraction of sp³-hybridized carbons (Fsp3) is 0.143. The Morgan fingerprint density at radius 3 is 0.759 bits per heavy atom. The maximum atomic E-state index is 2.38. The van der Waals surface area contributed by atoms with Crippen LogP contribution in [0.15, 0.2) is 97.1 Å². The topological polar surface area (TPSA) is 0 Å². The predicted molar refractivity (Wildman–Crippen MR) is 129 cm³/mol. The van der Waals surface area contributed by atoms with Gasteiger partial charge in [0.05, 0.1) is 0 Å². The summed E-state index contributed by atoms with van der Waals surface area (Å²) < 4.78 is 6.07. The molecule has 0 amide bonds. The van der Waals surface area contributed by atoms with Gasteiger partial charge in [0.25, 0.3) is 0 Å². The molecule has 4 rings (SSSR count). The van der Waals surface area contributed by atoms with Gasteiger partial charge >= 0.3 is 178 Å². The molecule has 0 atom stereocenters. The minimum absolute atomic E-state index is 1.38. The summed E-state index contributed by atoms with van der Waals surface area (Å²) in [6.45, 7) is 9.11. The van der Waals surface area contributed by atoms with Crippen LogP contribution in [0.2, 0.25) is 0 Å². The van der Waals surface area contributed by atoms with Crippen molar-refractivity contribution in [3.63, 3.8) is 0 Å². The van der Waals surface area contributed by atoms with Crippen molar-refractivity contribution in [2.24, 2.45) is 0 Å². The summed E-state index contributed by atoms with van der Waals surface area (Å²) in [4.78, 5) is 0. The number of hydrogen-bond donors (Lipinski definition) is 0. The first-order chi connectivity index (χ1) is 14.1. The molecule has 0 aliphatic heterocycles. The Labute approximate surface area is 177 Å². The van der Waals surface area contributed by atoms with Gasteiger partial charge in [0, 0.05) is 0 Å². The minimum atomic E-state index is -2.98. The third-order valence-electron chi connectivity index (χ3n) is 5.91. The zero-order valence-corrected chi connectivity index (χ0v) is 19.6. The molecule has 1 heteroatoms. The van der Waals surface area contributed by atoms with Crippen molar-refractivity contribution in [1.29, 1.82) is 0 Å². The monoisotopic (exact) mass is 439 g/mol. The molecule has 0 aliphatic carbocycles. The Morgan fingerprint density at radius 2 is 0.552 bits per heavy atom. The molecule has 29 heavy (non-hydrogen) atoms. The SMILES string of the molecule is Cc1ccccc1[As+](c1ccccc1C)(c1ccccc1C)c1ccccc1C. The first-order valence-electron chi connectivity index (χ1n) is 10.2. The Hall–Kier alpha value is -2.56. The molecular weight excluding hydrogens is 411 g/mol. The van der Waals surface area contributed by atoms with E-state index >= 15 is 0 Å². The van der Waals surface area contributed by atoms with Crippen molar-refractivity contribution in [2.45, 2.75) is 27.7 Å². The molecule has 0 heterocycles. The Kier molecular flexibility index (Phi) is 5.48. The summed E-state index contributed by atoms with van der Waals surface area (Å²) in [5, 5.41) is 0. The average Bonchev–Trinajstić information content (AvgIpc) is 2.73. The van der Waals surface area contributed by atoms with E-state index in [0.717, 1.165) is 0 Å². The molecule has 0 saturated heterocycles. The first kappa shape index (κ1) is 19.7. The summed E-state index contributed by atoms with van der Waals surface area (Å²) in [6.07, 6.45) is 0. The van der Waals surface area contributed by atoms with Crippen LogP contribution in [0.5, 0.6) is 0 Å². The molecule has 144 valence electrons. The van der Waals surface area contributed by atoms with Gasteiger partial charge in [0.2, 0.25) is 0 Å². The predicted octanol–water partition coefficient (Wildman–Crippen LogP) is 4.30. The van der Waals surface area contributed by atoms with Crippen LogP contribution in [0.4, 0.5) is 0 Å². The number of aryl methyl sites for hydroxylation is 4. The van der Waals surface area contributed by atoms with E-state index in [-0.39, 0.29) is 0 Å². The molecule has 0 aromatic heterocycles. The van der Waals surface area contributed by atoms with Gasteiger partial charge in [-0.05, 0) is 0 Å². The van der Waals surface area contributed by atoms with Crippen LogP contribution < -0.4 is 17.4 Å². The van der Waals surface area contributed by atoms with Gasteiger partial charge in [-0.15, -0.1) is 0 Å². The second kappa shape index (κ2) is 8.05. The van der Waals surface area contributed by atoms with E-state index < -0.39 is 13.6 Å². The molecule has 4 aromatic carbocycles. The van der Waals surface area contributed by atoms with Gasteiger partial charge < -0.3 is 0 Å². The van der Waals surface area contributed by atoms with Crippen molar-refractivity contribution in [2.75, 3.05) is 0 Å². The molecule has 4 aromatic rings. The Balaban J connectivity index is 2.28. The quantitative estimate of drug-likeness (QED) is 0.416. The molecular formula is C28H28As+. The van der Waals surface area contributed by atoms with Crippen molar-refractivity contribution in [3.8, 4) is 0 Å². The maximum absolute atomic E-state index is 2.98. The van der Waals surface area contributed by atoms with Crippen LogP contribution in [0.25, 0.3) is 0 Å². The summed E-state index contributed by atoms with van der Waals surface area (Å²) in [5.41, 5.74) is 5.54. The standard InChI is InChI=1S/C28H28As/c1-21-13-5-9-17-25(21)29(26-18-10-6-14-22(26)2,27-19-11-7-15-23(27)3)28-20-12-8-16-24(28)4/h5-20H,1-4H3/q+1. The van der Waals surface area contributed by atoms with Gasteiger partial charge in [-0.3, -0.25) is 0 Å². The molecule has 0 bridgehead atoms. The fourth-order valence-electron chi connectivity index (χ4n) is 4.54. The van der Waals surface area contributed by atoms with E-state index in [4.69, 9.17) is 0 Å². The van der Waals surface area contributed by atoms with Crippen LogP contribution in [0.1, 0.15) is 22.3 Å². The molecule has 0 radical (unpaired) electrons. The first-order valence-corrected chi connectivity index (χ1v) is 14.0. The van der Waals surface area contributed by atoms with E-state index in [1.165, 1.54) is 39.7 Å². The van der Waals surface area contributed by atoms with Gasteiger partial charge in [0.1, 0.15) is 0 Å². The van der Waals surface area contributed by atoms with E-state index in [1.807, 2.05) is 0 Å². The molecule has 0 fully saturated rings. The van der Waals surface area contributed by atoms with Gasteiger partial charge in [-0.25, -0.2) is 0 Å². The molecule has 0 aliphatic rings. The summed E-state index contributed by atoms with van der Waals surface area (Å²) >= 11 is -2.98. The Bertz CT molecular complexity index is 969. The number of hydrogen-bond acceptors (Lipinski definition) is 0. The van der Waals surface area contributed by atoms with Crippen LogP contribution >= 0.6 is 0 Å². The molecule has 0 spiro atoms. The summed E-state index contributed by atoms with van der Waals surface area (Å²) in [7, 11) is 0. The second-order valence-electron chi connectivity index (χ2n) is 7.82. The van der Waals surface area contributed by atoms with Crippen molar-refractivity contribution in [1.82, 2.24) is 0 Å². The van der Waals surface area contributed by atoms with E-state index in [1.54, 1.807) is 0 Å². The normalized spacial score (nSPS) is 11.4. The second-order valence-corrected chi connectivity index (χ2v) is 14.7.